The first kappa shape index (κ1) is 18.3. The molecule has 0 saturated carbocycles. The maximum atomic E-state index is 12.1. The largest absolute Gasteiger partial charge is 0.492 e. The predicted octanol–water partition coefficient (Wildman–Crippen LogP) is 2.86. The first-order chi connectivity index (χ1) is 11.3. The summed E-state index contributed by atoms with van der Waals surface area (Å²) in [4.78, 5) is 12.0. The molecule has 7 heteroatoms. The molecule has 0 fully saturated rings. The van der Waals surface area contributed by atoms with Crippen LogP contribution in [0.15, 0.2) is 47.4 Å². The number of halogens is 1. The van der Waals surface area contributed by atoms with Gasteiger partial charge in [0.25, 0.3) is 5.91 Å². The van der Waals surface area contributed by atoms with E-state index >= 15 is 0 Å². The Hall–Kier alpha value is -2.05. The lowest BCUT2D eigenvalue weighted by Gasteiger charge is -2.09. The molecule has 0 bridgehead atoms. The second-order valence-electron chi connectivity index (χ2n) is 5.34. The fourth-order valence-corrected chi connectivity index (χ4v) is 3.37. The van der Waals surface area contributed by atoms with Crippen LogP contribution in [0.5, 0.6) is 5.75 Å². The van der Waals surface area contributed by atoms with E-state index in [-0.39, 0.29) is 21.4 Å². The number of rotatable bonds is 6. The van der Waals surface area contributed by atoms with E-state index in [1.54, 1.807) is 0 Å². The molecule has 0 atom stereocenters. The lowest BCUT2D eigenvalue weighted by Crippen LogP contribution is -2.28. The number of amides is 1. The number of sulfone groups is 1. The lowest BCUT2D eigenvalue weighted by molar-refractivity contribution is 0.0947. The first-order valence-electron chi connectivity index (χ1n) is 7.24. The van der Waals surface area contributed by atoms with Crippen molar-refractivity contribution in [2.24, 2.45) is 0 Å². The Morgan fingerprint density at radius 3 is 2.62 bits per heavy atom. The molecule has 0 spiro atoms. The summed E-state index contributed by atoms with van der Waals surface area (Å²) < 4.78 is 28.8. The Bertz CT molecular complexity index is 849. The van der Waals surface area contributed by atoms with Gasteiger partial charge in [-0.3, -0.25) is 4.79 Å². The molecule has 1 N–H and O–H groups in total. The van der Waals surface area contributed by atoms with Crippen molar-refractivity contribution < 1.29 is 17.9 Å². The number of hydrogen-bond acceptors (Lipinski definition) is 4. The zero-order valence-corrected chi connectivity index (χ0v) is 14.9. The Balaban J connectivity index is 1.93. The minimum absolute atomic E-state index is 0.0622. The normalized spacial score (nSPS) is 11.1. The minimum atomic E-state index is -3.49. The van der Waals surface area contributed by atoms with Gasteiger partial charge in [0.05, 0.1) is 16.5 Å². The van der Waals surface area contributed by atoms with Gasteiger partial charge in [0.1, 0.15) is 12.4 Å². The SMILES string of the molecule is Cc1cccc(OCCNC(=O)c2ccc(Cl)c(S(C)(=O)=O)c2)c1. The number of ether oxygens (including phenoxy) is 1. The highest BCUT2D eigenvalue weighted by Gasteiger charge is 2.15. The monoisotopic (exact) mass is 367 g/mol. The van der Waals surface area contributed by atoms with Crippen molar-refractivity contribution in [2.45, 2.75) is 11.8 Å². The van der Waals surface area contributed by atoms with Crippen molar-refractivity contribution >= 4 is 27.3 Å². The molecular weight excluding hydrogens is 350 g/mol. The molecule has 0 radical (unpaired) electrons. The van der Waals surface area contributed by atoms with Gasteiger partial charge in [0.15, 0.2) is 9.84 Å². The van der Waals surface area contributed by atoms with Gasteiger partial charge in [-0.25, -0.2) is 8.42 Å². The van der Waals surface area contributed by atoms with Gasteiger partial charge in [-0.1, -0.05) is 23.7 Å². The van der Waals surface area contributed by atoms with E-state index in [1.165, 1.54) is 18.2 Å². The third kappa shape index (κ3) is 4.97. The third-order valence-electron chi connectivity index (χ3n) is 3.24. The van der Waals surface area contributed by atoms with E-state index in [1.807, 2.05) is 31.2 Å². The van der Waals surface area contributed by atoms with E-state index in [2.05, 4.69) is 5.32 Å². The van der Waals surface area contributed by atoms with Crippen molar-refractivity contribution in [3.8, 4) is 5.75 Å². The molecular formula is C17H18ClNO4S. The molecule has 0 heterocycles. The summed E-state index contributed by atoms with van der Waals surface area (Å²) >= 11 is 5.86. The Labute approximate surface area is 146 Å². The maximum Gasteiger partial charge on any atom is 0.251 e. The summed E-state index contributed by atoms with van der Waals surface area (Å²) in [6.07, 6.45) is 1.05. The molecule has 24 heavy (non-hydrogen) atoms. The van der Waals surface area contributed by atoms with E-state index in [9.17, 15) is 13.2 Å². The van der Waals surface area contributed by atoms with Crippen molar-refractivity contribution in [3.05, 3.63) is 58.6 Å². The molecule has 0 saturated heterocycles. The second kappa shape index (κ2) is 7.68. The lowest BCUT2D eigenvalue weighted by atomic mass is 10.2. The highest BCUT2D eigenvalue weighted by Crippen LogP contribution is 2.22. The number of carbonyl (C=O) groups excluding carboxylic acids is 1. The third-order valence-corrected chi connectivity index (χ3v) is 4.82. The number of carbonyl (C=O) groups is 1. The Morgan fingerprint density at radius 2 is 1.96 bits per heavy atom. The number of hydrogen-bond donors (Lipinski definition) is 1. The summed E-state index contributed by atoms with van der Waals surface area (Å²) in [7, 11) is -3.49. The van der Waals surface area contributed by atoms with Crippen LogP contribution in [0.25, 0.3) is 0 Å². The van der Waals surface area contributed by atoms with E-state index < -0.39 is 9.84 Å². The number of benzene rings is 2. The molecule has 0 unspecified atom stereocenters. The van der Waals surface area contributed by atoms with Gasteiger partial charge in [-0.05, 0) is 42.8 Å². The molecule has 128 valence electrons. The van der Waals surface area contributed by atoms with Gasteiger partial charge in [0.2, 0.25) is 0 Å². The summed E-state index contributed by atoms with van der Waals surface area (Å²) in [5, 5.41) is 2.77. The molecule has 0 aliphatic carbocycles. The van der Waals surface area contributed by atoms with Crippen LogP contribution < -0.4 is 10.1 Å². The fourth-order valence-electron chi connectivity index (χ4n) is 2.07. The van der Waals surface area contributed by atoms with Crippen LogP contribution in [0.1, 0.15) is 15.9 Å². The summed E-state index contributed by atoms with van der Waals surface area (Å²) in [5.41, 5.74) is 1.32. The smallest absolute Gasteiger partial charge is 0.251 e. The zero-order valence-electron chi connectivity index (χ0n) is 13.4. The molecule has 0 aliphatic heterocycles. The summed E-state index contributed by atoms with van der Waals surface area (Å²) in [6.45, 7) is 2.57. The van der Waals surface area contributed by atoms with Crippen LogP contribution in [-0.2, 0) is 9.84 Å². The van der Waals surface area contributed by atoms with Crippen molar-refractivity contribution in [1.29, 1.82) is 0 Å². The quantitative estimate of drug-likeness (QED) is 0.797. The summed E-state index contributed by atoms with van der Waals surface area (Å²) in [6, 6.07) is 11.8. The average Bonchev–Trinajstić information content (AvgIpc) is 2.50. The zero-order chi connectivity index (χ0) is 17.7. The van der Waals surface area contributed by atoms with Crippen molar-refractivity contribution in [3.63, 3.8) is 0 Å². The Kier molecular flexibility index (Phi) is 5.85. The second-order valence-corrected chi connectivity index (χ2v) is 7.73. The van der Waals surface area contributed by atoms with Crippen LogP contribution in [0.3, 0.4) is 0 Å². The first-order valence-corrected chi connectivity index (χ1v) is 9.51. The standard InChI is InChI=1S/C17H18ClNO4S/c1-12-4-3-5-14(10-12)23-9-8-19-17(20)13-6-7-15(18)16(11-13)24(2,21)22/h3-7,10-11H,8-9H2,1-2H3,(H,19,20). The van der Waals surface area contributed by atoms with Crippen LogP contribution in [0.2, 0.25) is 5.02 Å². The van der Waals surface area contributed by atoms with Gasteiger partial charge < -0.3 is 10.1 Å². The van der Waals surface area contributed by atoms with Crippen LogP contribution in [0, 0.1) is 6.92 Å². The van der Waals surface area contributed by atoms with Crippen LogP contribution in [-0.4, -0.2) is 33.7 Å². The molecule has 2 aromatic rings. The van der Waals surface area contributed by atoms with E-state index in [4.69, 9.17) is 16.3 Å². The molecule has 0 aromatic heterocycles. The van der Waals surface area contributed by atoms with Gasteiger partial charge in [-0.15, -0.1) is 0 Å². The van der Waals surface area contributed by atoms with E-state index in [0.29, 0.717) is 13.2 Å². The van der Waals surface area contributed by atoms with Gasteiger partial charge in [0, 0.05) is 11.8 Å². The summed E-state index contributed by atoms with van der Waals surface area (Å²) in [5.74, 6) is 0.347. The molecule has 0 aliphatic rings. The predicted molar refractivity (Wildman–Crippen MR) is 93.6 cm³/mol. The fraction of sp³-hybridized carbons (Fsp3) is 0.235. The van der Waals surface area contributed by atoms with Crippen molar-refractivity contribution in [1.82, 2.24) is 5.32 Å². The van der Waals surface area contributed by atoms with E-state index in [0.717, 1.165) is 17.6 Å². The number of nitrogens with one attached hydrogen (secondary N) is 1. The minimum Gasteiger partial charge on any atom is -0.492 e. The maximum absolute atomic E-state index is 12.1. The topological polar surface area (TPSA) is 72.5 Å². The van der Waals surface area contributed by atoms with Crippen LogP contribution in [0.4, 0.5) is 0 Å². The Morgan fingerprint density at radius 1 is 1.21 bits per heavy atom. The molecule has 1 amide bonds. The molecule has 2 rings (SSSR count). The van der Waals surface area contributed by atoms with Gasteiger partial charge in [-0.2, -0.15) is 0 Å². The van der Waals surface area contributed by atoms with Gasteiger partial charge >= 0.3 is 0 Å². The highest BCUT2D eigenvalue weighted by molar-refractivity contribution is 7.90. The highest BCUT2D eigenvalue weighted by atomic mass is 35.5. The molecule has 5 nitrogen and oxygen atoms in total. The molecule has 2 aromatic carbocycles. The van der Waals surface area contributed by atoms with Crippen LogP contribution >= 0.6 is 11.6 Å². The van der Waals surface area contributed by atoms with Crippen molar-refractivity contribution in [2.75, 3.05) is 19.4 Å². The average molecular weight is 368 g/mol. The number of aryl methyl sites for hydroxylation is 1.